The monoisotopic (exact) mass is 334 g/mol. The summed E-state index contributed by atoms with van der Waals surface area (Å²) in [5, 5.41) is 0.463. The molecule has 5 heteroatoms. The van der Waals surface area contributed by atoms with Crippen molar-refractivity contribution in [3.63, 3.8) is 0 Å². The van der Waals surface area contributed by atoms with Crippen LogP contribution in [-0.2, 0) is 20.7 Å². The van der Waals surface area contributed by atoms with Gasteiger partial charge < -0.3 is 0 Å². The van der Waals surface area contributed by atoms with Crippen LogP contribution in [0.5, 0.6) is 0 Å². The van der Waals surface area contributed by atoms with Crippen molar-refractivity contribution in [2.45, 2.75) is 11.3 Å². The minimum absolute atomic E-state index is 0.0592. The Morgan fingerprint density at radius 1 is 1.09 bits per heavy atom. The number of halogens is 1. The van der Waals surface area contributed by atoms with Crippen LogP contribution in [0, 0.1) is 18.3 Å². The molecule has 1 atom stereocenters. The molecule has 0 spiro atoms. The second-order valence-electron chi connectivity index (χ2n) is 4.75. The molecule has 114 valence electrons. The zero-order valence-electron chi connectivity index (χ0n) is 11.8. The van der Waals surface area contributed by atoms with Crippen molar-refractivity contribution in [3.8, 4) is 12.3 Å². The third-order valence-electron chi connectivity index (χ3n) is 3.09. The number of hydrogen-bond acceptors (Lipinski definition) is 3. The molecule has 0 bridgehead atoms. The van der Waals surface area contributed by atoms with Crippen LogP contribution in [0.1, 0.15) is 5.56 Å². The van der Waals surface area contributed by atoms with E-state index in [-0.39, 0.29) is 17.4 Å². The average Bonchev–Trinajstić information content (AvgIpc) is 2.53. The molecule has 0 aliphatic rings. The molecule has 0 N–H and O–H groups in total. The molecular weight excluding hydrogens is 320 g/mol. The number of rotatable bonds is 6. The Labute approximate surface area is 136 Å². The van der Waals surface area contributed by atoms with Gasteiger partial charge >= 0.3 is 0 Å². The van der Waals surface area contributed by atoms with E-state index in [1.54, 1.807) is 0 Å². The van der Waals surface area contributed by atoms with Crippen LogP contribution in [-0.4, -0.2) is 15.0 Å². The Balaban J connectivity index is 2.01. The molecule has 0 fully saturated rings. The fourth-order valence-corrected chi connectivity index (χ4v) is 2.98. The van der Waals surface area contributed by atoms with Crippen LogP contribution in [0.15, 0.2) is 59.5 Å². The summed E-state index contributed by atoms with van der Waals surface area (Å²) in [6.07, 6.45) is 6.03. The molecule has 3 nitrogen and oxygen atoms in total. The molecule has 0 aliphatic carbocycles. The summed E-state index contributed by atoms with van der Waals surface area (Å²) in [6.45, 7) is -0.0592. The van der Waals surface area contributed by atoms with E-state index >= 15 is 0 Å². The third kappa shape index (κ3) is 4.60. The van der Waals surface area contributed by atoms with Gasteiger partial charge in [0.2, 0.25) is 0 Å². The fourth-order valence-electron chi connectivity index (χ4n) is 1.91. The van der Waals surface area contributed by atoms with Crippen molar-refractivity contribution in [2.24, 2.45) is 5.92 Å². The predicted molar refractivity (Wildman–Crippen MR) is 87.1 cm³/mol. The largest absolute Gasteiger partial charge is 0.297 e. The number of hydrogen-bond donors (Lipinski definition) is 0. The molecular formula is C17H15ClO3S. The second kappa shape index (κ2) is 7.46. The van der Waals surface area contributed by atoms with Gasteiger partial charge in [0.25, 0.3) is 10.1 Å². The Bertz CT molecular complexity index is 747. The van der Waals surface area contributed by atoms with Gasteiger partial charge in [-0.1, -0.05) is 41.9 Å². The van der Waals surface area contributed by atoms with Gasteiger partial charge in [0.1, 0.15) is 0 Å². The average molecular weight is 335 g/mol. The predicted octanol–water partition coefficient (Wildman–Crippen LogP) is 3.54. The summed E-state index contributed by atoms with van der Waals surface area (Å²) in [5.74, 6) is 2.26. The Morgan fingerprint density at radius 2 is 1.73 bits per heavy atom. The maximum absolute atomic E-state index is 12.1. The summed E-state index contributed by atoms with van der Waals surface area (Å²) in [4.78, 5) is 0.0624. The summed E-state index contributed by atoms with van der Waals surface area (Å²) in [7, 11) is -3.83. The smallest absolute Gasteiger partial charge is 0.265 e. The van der Waals surface area contributed by atoms with Gasteiger partial charge in [-0.05, 0) is 36.2 Å². The number of benzene rings is 2. The van der Waals surface area contributed by atoms with E-state index in [0.29, 0.717) is 11.4 Å². The van der Waals surface area contributed by atoms with Crippen molar-refractivity contribution in [1.29, 1.82) is 0 Å². The standard InChI is InChI=1S/C17H15ClO3S/c1-2-14(12-15-6-4-3-5-7-15)13-21-22(19,20)17-10-8-16(18)9-11-17/h1,3-11,14H,12-13H2. The van der Waals surface area contributed by atoms with E-state index < -0.39 is 10.1 Å². The van der Waals surface area contributed by atoms with Crippen LogP contribution >= 0.6 is 11.6 Å². The molecule has 0 radical (unpaired) electrons. The normalized spacial score (nSPS) is 12.5. The minimum Gasteiger partial charge on any atom is -0.265 e. The zero-order chi connectivity index (χ0) is 16.0. The lowest BCUT2D eigenvalue weighted by Crippen LogP contribution is -2.15. The summed E-state index contributed by atoms with van der Waals surface area (Å²) < 4.78 is 29.2. The van der Waals surface area contributed by atoms with Gasteiger partial charge in [-0.15, -0.1) is 12.3 Å². The molecule has 2 aromatic rings. The Morgan fingerprint density at radius 3 is 2.32 bits per heavy atom. The zero-order valence-corrected chi connectivity index (χ0v) is 13.3. The van der Waals surface area contributed by atoms with Gasteiger partial charge in [-0.25, -0.2) is 0 Å². The highest BCUT2D eigenvalue weighted by molar-refractivity contribution is 7.86. The van der Waals surface area contributed by atoms with Crippen LogP contribution in [0.3, 0.4) is 0 Å². The molecule has 0 aromatic heterocycles. The van der Waals surface area contributed by atoms with Crippen molar-refractivity contribution >= 4 is 21.7 Å². The number of terminal acetylenes is 1. The topological polar surface area (TPSA) is 43.4 Å². The summed E-state index contributed by atoms with van der Waals surface area (Å²) in [5.41, 5.74) is 1.04. The molecule has 0 saturated heterocycles. The van der Waals surface area contributed by atoms with E-state index in [4.69, 9.17) is 22.2 Å². The van der Waals surface area contributed by atoms with E-state index in [0.717, 1.165) is 5.56 Å². The first-order valence-electron chi connectivity index (χ1n) is 6.66. The van der Waals surface area contributed by atoms with Gasteiger partial charge in [0.15, 0.2) is 0 Å². The van der Waals surface area contributed by atoms with Crippen LogP contribution in [0.4, 0.5) is 0 Å². The van der Waals surface area contributed by atoms with E-state index in [2.05, 4.69) is 5.92 Å². The summed E-state index contributed by atoms with van der Waals surface area (Å²) >= 11 is 5.74. The first kappa shape index (κ1) is 16.6. The second-order valence-corrected chi connectivity index (χ2v) is 6.80. The summed E-state index contributed by atoms with van der Waals surface area (Å²) in [6, 6.07) is 15.4. The van der Waals surface area contributed by atoms with Crippen molar-refractivity contribution in [3.05, 3.63) is 65.2 Å². The fraction of sp³-hybridized carbons (Fsp3) is 0.176. The van der Waals surface area contributed by atoms with Crippen LogP contribution < -0.4 is 0 Å². The van der Waals surface area contributed by atoms with E-state index in [1.165, 1.54) is 24.3 Å². The molecule has 2 aromatic carbocycles. The lowest BCUT2D eigenvalue weighted by molar-refractivity contribution is 0.283. The molecule has 2 rings (SSSR count). The molecule has 1 unspecified atom stereocenters. The highest BCUT2D eigenvalue weighted by Gasteiger charge is 2.17. The van der Waals surface area contributed by atoms with Gasteiger partial charge in [0.05, 0.1) is 11.5 Å². The van der Waals surface area contributed by atoms with Gasteiger partial charge in [-0.3, -0.25) is 4.18 Å². The maximum Gasteiger partial charge on any atom is 0.297 e. The molecule has 0 heterocycles. The van der Waals surface area contributed by atoms with Crippen molar-refractivity contribution in [2.75, 3.05) is 6.61 Å². The van der Waals surface area contributed by atoms with Crippen LogP contribution in [0.2, 0.25) is 5.02 Å². The minimum atomic E-state index is -3.83. The highest BCUT2D eigenvalue weighted by atomic mass is 35.5. The molecule has 22 heavy (non-hydrogen) atoms. The van der Waals surface area contributed by atoms with Crippen molar-refractivity contribution < 1.29 is 12.6 Å². The Kier molecular flexibility index (Phi) is 5.62. The van der Waals surface area contributed by atoms with E-state index in [1.807, 2.05) is 30.3 Å². The lowest BCUT2D eigenvalue weighted by atomic mass is 10.0. The molecule has 0 saturated carbocycles. The first-order valence-corrected chi connectivity index (χ1v) is 8.45. The maximum atomic E-state index is 12.1. The first-order chi connectivity index (χ1) is 10.5. The van der Waals surface area contributed by atoms with Crippen molar-refractivity contribution in [1.82, 2.24) is 0 Å². The highest BCUT2D eigenvalue weighted by Crippen LogP contribution is 2.18. The van der Waals surface area contributed by atoms with Crippen LogP contribution in [0.25, 0.3) is 0 Å². The van der Waals surface area contributed by atoms with Gasteiger partial charge in [-0.2, -0.15) is 8.42 Å². The lowest BCUT2D eigenvalue weighted by Gasteiger charge is -2.11. The van der Waals surface area contributed by atoms with Gasteiger partial charge in [0, 0.05) is 10.9 Å². The third-order valence-corrected chi connectivity index (χ3v) is 4.64. The van der Waals surface area contributed by atoms with E-state index in [9.17, 15) is 8.42 Å². The SMILES string of the molecule is C#CC(COS(=O)(=O)c1ccc(Cl)cc1)Cc1ccccc1. The quantitative estimate of drug-likeness (QED) is 0.599. The molecule has 0 amide bonds. The Hall–Kier alpha value is -1.80. The molecule has 0 aliphatic heterocycles.